The van der Waals surface area contributed by atoms with Crippen LogP contribution in [0.15, 0.2) is 0 Å². The van der Waals surface area contributed by atoms with Crippen molar-refractivity contribution in [1.29, 1.82) is 0 Å². The maximum atomic E-state index is 12.0. The van der Waals surface area contributed by atoms with Crippen LogP contribution in [0.3, 0.4) is 0 Å². The lowest BCUT2D eigenvalue weighted by Crippen LogP contribution is -2.43. The molecule has 18 heavy (non-hydrogen) atoms. The van der Waals surface area contributed by atoms with E-state index in [9.17, 15) is 4.79 Å². The molecule has 0 bridgehead atoms. The van der Waals surface area contributed by atoms with Crippen LogP contribution >= 0.6 is 12.2 Å². The van der Waals surface area contributed by atoms with Crippen LogP contribution in [0.4, 0.5) is 0 Å². The summed E-state index contributed by atoms with van der Waals surface area (Å²) in [6.45, 7) is 6.35. The Bertz CT molecular complexity index is 272. The van der Waals surface area contributed by atoms with Gasteiger partial charge in [-0.3, -0.25) is 9.69 Å². The van der Waals surface area contributed by atoms with E-state index in [-0.39, 0.29) is 11.9 Å². The molecule has 0 radical (unpaired) electrons. The molecule has 0 heterocycles. The van der Waals surface area contributed by atoms with Gasteiger partial charge in [-0.1, -0.05) is 12.2 Å². The number of amides is 1. The van der Waals surface area contributed by atoms with E-state index in [0.29, 0.717) is 37.7 Å². The zero-order valence-electron chi connectivity index (χ0n) is 11.8. The van der Waals surface area contributed by atoms with Crippen LogP contribution in [0.5, 0.6) is 0 Å². The van der Waals surface area contributed by atoms with Crippen molar-refractivity contribution in [2.24, 2.45) is 5.73 Å². The quantitative estimate of drug-likeness (QED) is 0.620. The molecule has 5 nitrogen and oxygen atoms in total. The zero-order valence-corrected chi connectivity index (χ0v) is 12.6. The fourth-order valence-corrected chi connectivity index (χ4v) is 1.44. The summed E-state index contributed by atoms with van der Waals surface area (Å²) >= 11 is 4.86. The molecule has 0 aliphatic heterocycles. The van der Waals surface area contributed by atoms with Crippen molar-refractivity contribution in [3.05, 3.63) is 0 Å². The fraction of sp³-hybridized carbons (Fsp3) is 0.833. The Hall–Kier alpha value is -0.720. The number of likely N-dealkylation sites (N-methyl/N-ethyl adjacent to an activating group) is 1. The summed E-state index contributed by atoms with van der Waals surface area (Å²) in [5.74, 6) is 0.101. The predicted octanol–water partition coefficient (Wildman–Crippen LogP) is 0.478. The number of carbonyl (C=O) groups excluding carboxylic acids is 1. The second kappa shape index (κ2) is 9.24. The smallest absolute Gasteiger partial charge is 0.236 e. The first-order valence-electron chi connectivity index (χ1n) is 6.13. The Morgan fingerprint density at radius 2 is 2.00 bits per heavy atom. The molecule has 0 unspecified atom stereocenters. The van der Waals surface area contributed by atoms with Crippen LogP contribution in [0, 0.1) is 0 Å². The molecule has 0 atom stereocenters. The van der Waals surface area contributed by atoms with Crippen molar-refractivity contribution in [3.8, 4) is 0 Å². The first kappa shape index (κ1) is 17.3. The van der Waals surface area contributed by atoms with Crippen molar-refractivity contribution in [1.82, 2.24) is 9.80 Å². The molecular formula is C12H25N3O2S. The minimum absolute atomic E-state index is 0.101. The number of nitrogens with two attached hydrogens (primary N) is 1. The molecule has 0 aromatic heterocycles. The average molecular weight is 275 g/mol. The second-order valence-corrected chi connectivity index (χ2v) is 5.11. The minimum atomic E-state index is 0.101. The Labute approximate surface area is 115 Å². The molecule has 2 N–H and O–H groups in total. The van der Waals surface area contributed by atoms with Crippen molar-refractivity contribution in [3.63, 3.8) is 0 Å². The number of carbonyl (C=O) groups is 1. The first-order valence-corrected chi connectivity index (χ1v) is 6.54. The van der Waals surface area contributed by atoms with Gasteiger partial charge in [-0.05, 0) is 13.8 Å². The zero-order chi connectivity index (χ0) is 14.1. The molecule has 0 spiro atoms. The third-order valence-electron chi connectivity index (χ3n) is 2.81. The summed E-state index contributed by atoms with van der Waals surface area (Å²) in [6.07, 6.45) is 0.623. The average Bonchev–Trinajstić information content (AvgIpc) is 2.30. The fourth-order valence-electron chi connectivity index (χ4n) is 1.35. The molecule has 1 amide bonds. The lowest BCUT2D eigenvalue weighted by atomic mass is 10.3. The topological polar surface area (TPSA) is 58.8 Å². The molecule has 0 rings (SSSR count). The van der Waals surface area contributed by atoms with Gasteiger partial charge in [0.25, 0.3) is 0 Å². The molecule has 0 saturated heterocycles. The van der Waals surface area contributed by atoms with Gasteiger partial charge in [0, 0.05) is 39.7 Å². The molecule has 106 valence electrons. The maximum absolute atomic E-state index is 12.0. The highest BCUT2D eigenvalue weighted by Gasteiger charge is 2.16. The number of ether oxygens (including phenoxy) is 1. The van der Waals surface area contributed by atoms with Crippen molar-refractivity contribution >= 4 is 23.1 Å². The standard InChI is InChI=1S/C12H25N3O2S/c1-10(2)14(3)12(16)9-15(7-8-17-4)6-5-11(13)18/h10H,5-9H2,1-4H3,(H2,13,18). The van der Waals surface area contributed by atoms with Crippen molar-refractivity contribution in [2.45, 2.75) is 26.3 Å². The molecule has 0 aromatic rings. The minimum Gasteiger partial charge on any atom is -0.393 e. The second-order valence-electron chi connectivity index (χ2n) is 4.58. The van der Waals surface area contributed by atoms with Gasteiger partial charge in [0.1, 0.15) is 0 Å². The summed E-state index contributed by atoms with van der Waals surface area (Å²) in [6, 6.07) is 0.206. The molecule has 0 aliphatic rings. The van der Waals surface area contributed by atoms with Crippen LogP contribution in [-0.2, 0) is 9.53 Å². The molecule has 6 heteroatoms. The summed E-state index contributed by atoms with van der Waals surface area (Å²) in [7, 11) is 3.46. The lowest BCUT2D eigenvalue weighted by Gasteiger charge is -2.27. The molecule has 0 aromatic carbocycles. The molecule has 0 saturated carbocycles. The van der Waals surface area contributed by atoms with Gasteiger partial charge >= 0.3 is 0 Å². The Morgan fingerprint density at radius 3 is 2.44 bits per heavy atom. The number of nitrogens with zero attached hydrogens (tertiary/aromatic N) is 2. The van der Waals surface area contributed by atoms with E-state index in [1.54, 1.807) is 12.0 Å². The Balaban J connectivity index is 4.28. The van der Waals surface area contributed by atoms with E-state index < -0.39 is 0 Å². The van der Waals surface area contributed by atoms with Gasteiger partial charge in [-0.25, -0.2) is 0 Å². The van der Waals surface area contributed by atoms with Crippen molar-refractivity contribution < 1.29 is 9.53 Å². The number of hydrogen-bond donors (Lipinski definition) is 1. The Morgan fingerprint density at radius 1 is 1.39 bits per heavy atom. The monoisotopic (exact) mass is 275 g/mol. The molecule has 0 aliphatic carbocycles. The normalized spacial score (nSPS) is 11.0. The summed E-state index contributed by atoms with van der Waals surface area (Å²) in [5.41, 5.74) is 5.49. The third kappa shape index (κ3) is 7.58. The van der Waals surface area contributed by atoms with Gasteiger partial charge < -0.3 is 15.4 Å². The van der Waals surface area contributed by atoms with E-state index in [4.69, 9.17) is 22.7 Å². The SMILES string of the molecule is COCCN(CCC(N)=S)CC(=O)N(C)C(C)C. The van der Waals surface area contributed by atoms with Crippen LogP contribution in [0.25, 0.3) is 0 Å². The van der Waals surface area contributed by atoms with E-state index in [1.165, 1.54) is 0 Å². The van der Waals surface area contributed by atoms with Crippen LogP contribution < -0.4 is 5.73 Å². The maximum Gasteiger partial charge on any atom is 0.236 e. The number of rotatable bonds is 9. The van der Waals surface area contributed by atoms with Crippen LogP contribution in [0.1, 0.15) is 20.3 Å². The molecular weight excluding hydrogens is 250 g/mol. The Kier molecular flexibility index (Phi) is 8.87. The highest BCUT2D eigenvalue weighted by molar-refractivity contribution is 7.80. The highest BCUT2D eigenvalue weighted by atomic mass is 32.1. The predicted molar refractivity (Wildman–Crippen MR) is 77.6 cm³/mol. The number of thiocarbonyl (C=S) groups is 1. The van der Waals surface area contributed by atoms with E-state index in [0.717, 1.165) is 0 Å². The molecule has 0 fully saturated rings. The van der Waals surface area contributed by atoms with Gasteiger partial charge in [0.2, 0.25) is 5.91 Å². The van der Waals surface area contributed by atoms with E-state index >= 15 is 0 Å². The largest absolute Gasteiger partial charge is 0.393 e. The van der Waals surface area contributed by atoms with Crippen LogP contribution in [-0.4, -0.2) is 67.1 Å². The van der Waals surface area contributed by atoms with Crippen molar-refractivity contribution in [2.75, 3.05) is 40.4 Å². The highest BCUT2D eigenvalue weighted by Crippen LogP contribution is 1.99. The van der Waals surface area contributed by atoms with Crippen LogP contribution in [0.2, 0.25) is 0 Å². The lowest BCUT2D eigenvalue weighted by molar-refractivity contribution is -0.132. The number of methoxy groups -OCH3 is 1. The summed E-state index contributed by atoms with van der Waals surface area (Å²) in [4.78, 5) is 16.2. The third-order valence-corrected chi connectivity index (χ3v) is 3.02. The van der Waals surface area contributed by atoms with Gasteiger partial charge in [-0.15, -0.1) is 0 Å². The van der Waals surface area contributed by atoms with Gasteiger partial charge in [-0.2, -0.15) is 0 Å². The summed E-state index contributed by atoms with van der Waals surface area (Å²) < 4.78 is 5.04. The van der Waals surface area contributed by atoms with E-state index in [2.05, 4.69) is 0 Å². The van der Waals surface area contributed by atoms with Gasteiger partial charge in [0.15, 0.2) is 0 Å². The number of hydrogen-bond acceptors (Lipinski definition) is 4. The summed E-state index contributed by atoms with van der Waals surface area (Å²) in [5, 5.41) is 0. The first-order chi connectivity index (χ1) is 8.38. The van der Waals surface area contributed by atoms with E-state index in [1.807, 2.05) is 25.8 Å². The van der Waals surface area contributed by atoms with Gasteiger partial charge in [0.05, 0.1) is 18.1 Å².